The van der Waals surface area contributed by atoms with Crippen molar-refractivity contribution in [3.05, 3.63) is 31.7 Å². The molecule has 0 amide bonds. The number of hydrogen-bond acceptors (Lipinski definition) is 5. The van der Waals surface area contributed by atoms with Gasteiger partial charge in [-0.25, -0.2) is 0 Å². The van der Waals surface area contributed by atoms with Crippen molar-refractivity contribution in [1.82, 2.24) is 0 Å². The van der Waals surface area contributed by atoms with Gasteiger partial charge in [0.2, 0.25) is 5.75 Å². The minimum Gasteiger partial charge on any atom is -0.483 e. The molecule has 0 heterocycles. The molecule has 0 aromatic heterocycles. The first-order valence-electron chi connectivity index (χ1n) is 4.51. The van der Waals surface area contributed by atoms with Crippen molar-refractivity contribution < 1.29 is 19.9 Å². The summed E-state index contributed by atoms with van der Waals surface area (Å²) in [6.45, 7) is -0.740. The maximum Gasteiger partial charge on any atom is 0.313 e. The summed E-state index contributed by atoms with van der Waals surface area (Å²) in [6.07, 6.45) is -1.10. The number of hydrogen-bond donors (Lipinski definition) is 2. The maximum atomic E-state index is 10.8. The second-order valence-electron chi connectivity index (χ2n) is 3.14. The van der Waals surface area contributed by atoms with Crippen LogP contribution in [0, 0.1) is 10.1 Å². The number of rotatable bonds is 5. The fourth-order valence-electron chi connectivity index (χ4n) is 1.06. The largest absolute Gasteiger partial charge is 0.483 e. The number of aliphatic hydroxyl groups excluding tert-OH is 2. The number of ether oxygens (including phenoxy) is 1. The zero-order valence-corrected chi connectivity index (χ0v) is 10.8. The van der Waals surface area contributed by atoms with Crippen molar-refractivity contribution in [3.8, 4) is 5.75 Å². The lowest BCUT2D eigenvalue weighted by Gasteiger charge is -2.11. The highest BCUT2D eigenvalue weighted by molar-refractivity contribution is 9.10. The van der Waals surface area contributed by atoms with Crippen LogP contribution in [0.4, 0.5) is 5.69 Å². The number of nitro groups is 1. The molecule has 0 bridgehead atoms. The Morgan fingerprint density at radius 1 is 1.59 bits per heavy atom. The topological polar surface area (TPSA) is 92.8 Å². The van der Waals surface area contributed by atoms with Crippen LogP contribution in [0.5, 0.6) is 5.75 Å². The number of halogens is 2. The molecular formula is C9H9BrClNO5. The molecule has 2 N–H and O–H groups in total. The van der Waals surface area contributed by atoms with E-state index >= 15 is 0 Å². The smallest absolute Gasteiger partial charge is 0.313 e. The number of aliphatic hydroxyl groups is 2. The Kier molecular flexibility index (Phi) is 5.13. The Hall–Kier alpha value is -0.890. The predicted molar refractivity (Wildman–Crippen MR) is 64.4 cm³/mol. The average molecular weight is 327 g/mol. The van der Waals surface area contributed by atoms with Crippen molar-refractivity contribution in [1.29, 1.82) is 0 Å². The molecule has 94 valence electrons. The second kappa shape index (κ2) is 6.15. The molecule has 0 saturated heterocycles. The zero-order valence-electron chi connectivity index (χ0n) is 8.47. The molecule has 1 rings (SSSR count). The van der Waals surface area contributed by atoms with Gasteiger partial charge in [-0.2, -0.15) is 0 Å². The third-order valence-corrected chi connectivity index (χ3v) is 2.62. The summed E-state index contributed by atoms with van der Waals surface area (Å²) in [5.74, 6) is -0.0353. The van der Waals surface area contributed by atoms with Crippen molar-refractivity contribution in [3.63, 3.8) is 0 Å². The Balaban J connectivity index is 3.00. The molecular weight excluding hydrogens is 317 g/mol. The van der Waals surface area contributed by atoms with Crippen LogP contribution >= 0.6 is 27.5 Å². The summed E-state index contributed by atoms with van der Waals surface area (Å²) in [7, 11) is 0. The van der Waals surface area contributed by atoms with Crippen molar-refractivity contribution in [2.24, 2.45) is 0 Å². The summed E-state index contributed by atoms with van der Waals surface area (Å²) < 4.78 is 5.39. The van der Waals surface area contributed by atoms with Gasteiger partial charge >= 0.3 is 5.69 Å². The van der Waals surface area contributed by atoms with Gasteiger partial charge < -0.3 is 14.9 Å². The van der Waals surface area contributed by atoms with Gasteiger partial charge in [0.05, 0.1) is 16.0 Å². The minimum absolute atomic E-state index is 0.0353. The van der Waals surface area contributed by atoms with Crippen LogP contribution in [0.3, 0.4) is 0 Å². The average Bonchev–Trinajstić information content (AvgIpc) is 2.26. The third-order valence-electron chi connectivity index (χ3n) is 1.82. The van der Waals surface area contributed by atoms with E-state index in [0.29, 0.717) is 4.47 Å². The molecule has 6 nitrogen and oxygen atoms in total. The van der Waals surface area contributed by atoms with Gasteiger partial charge in [0, 0.05) is 11.1 Å². The SMILES string of the molecule is O=[N+]([O-])c1cc(Cl)cc(Br)c1OCC(O)CO. The Bertz CT molecular complexity index is 428. The molecule has 0 aliphatic rings. The number of nitrogens with zero attached hydrogens (tertiary/aromatic N) is 1. The van der Waals surface area contributed by atoms with Gasteiger partial charge in [0.25, 0.3) is 0 Å². The molecule has 1 atom stereocenters. The van der Waals surface area contributed by atoms with E-state index in [1.165, 1.54) is 6.07 Å². The van der Waals surface area contributed by atoms with E-state index in [1.54, 1.807) is 0 Å². The summed E-state index contributed by atoms with van der Waals surface area (Å²) in [5.41, 5.74) is -0.311. The van der Waals surface area contributed by atoms with Gasteiger partial charge in [-0.3, -0.25) is 10.1 Å². The van der Waals surface area contributed by atoms with Crippen LogP contribution < -0.4 is 4.74 Å². The fourth-order valence-corrected chi connectivity index (χ4v) is 1.97. The van der Waals surface area contributed by atoms with Crippen molar-refractivity contribution >= 4 is 33.2 Å². The van der Waals surface area contributed by atoms with Crippen LogP contribution in [0.1, 0.15) is 0 Å². The first kappa shape index (κ1) is 14.2. The summed E-state index contributed by atoms with van der Waals surface area (Å²) in [5, 5.41) is 28.7. The molecule has 0 aliphatic heterocycles. The van der Waals surface area contributed by atoms with E-state index in [4.69, 9.17) is 26.6 Å². The highest BCUT2D eigenvalue weighted by Gasteiger charge is 2.20. The van der Waals surface area contributed by atoms with Crippen LogP contribution in [0.25, 0.3) is 0 Å². The Morgan fingerprint density at radius 2 is 2.24 bits per heavy atom. The van der Waals surface area contributed by atoms with Gasteiger partial charge in [0.1, 0.15) is 12.7 Å². The maximum absolute atomic E-state index is 10.8. The quantitative estimate of drug-likeness (QED) is 0.635. The summed E-state index contributed by atoms with van der Waals surface area (Å²) in [4.78, 5) is 10.1. The lowest BCUT2D eigenvalue weighted by molar-refractivity contribution is -0.386. The van der Waals surface area contributed by atoms with Gasteiger partial charge in [0.15, 0.2) is 0 Å². The first-order valence-corrected chi connectivity index (χ1v) is 5.68. The van der Waals surface area contributed by atoms with Gasteiger partial charge in [-0.05, 0) is 22.0 Å². The van der Waals surface area contributed by atoms with Crippen LogP contribution in [-0.2, 0) is 0 Å². The molecule has 8 heteroatoms. The summed E-state index contributed by atoms with van der Waals surface area (Å²) in [6, 6.07) is 2.59. The van der Waals surface area contributed by atoms with Gasteiger partial charge in [-0.15, -0.1) is 0 Å². The predicted octanol–water partition coefficient (Wildman–Crippen LogP) is 1.74. The molecule has 17 heavy (non-hydrogen) atoms. The van der Waals surface area contributed by atoms with Crippen molar-refractivity contribution in [2.75, 3.05) is 13.2 Å². The van der Waals surface area contributed by atoms with E-state index in [9.17, 15) is 10.1 Å². The molecule has 0 radical (unpaired) electrons. The minimum atomic E-state index is -1.10. The molecule has 1 aromatic carbocycles. The number of nitro benzene ring substituents is 1. The van der Waals surface area contributed by atoms with E-state index < -0.39 is 17.6 Å². The zero-order chi connectivity index (χ0) is 13.0. The monoisotopic (exact) mass is 325 g/mol. The van der Waals surface area contributed by atoms with E-state index in [-0.39, 0.29) is 23.1 Å². The van der Waals surface area contributed by atoms with Gasteiger partial charge in [-0.1, -0.05) is 11.6 Å². The molecule has 1 unspecified atom stereocenters. The van der Waals surface area contributed by atoms with Crippen LogP contribution in [-0.4, -0.2) is 34.5 Å². The number of benzene rings is 1. The standard InChI is InChI=1S/C9H9BrClNO5/c10-7-1-5(11)2-8(12(15)16)9(7)17-4-6(14)3-13/h1-2,6,13-14H,3-4H2. The lowest BCUT2D eigenvalue weighted by Crippen LogP contribution is -2.21. The molecule has 0 saturated carbocycles. The highest BCUT2D eigenvalue weighted by Crippen LogP contribution is 2.37. The first-order chi connectivity index (χ1) is 7.95. The highest BCUT2D eigenvalue weighted by atomic mass is 79.9. The van der Waals surface area contributed by atoms with E-state index in [1.807, 2.05) is 0 Å². The Morgan fingerprint density at radius 3 is 2.76 bits per heavy atom. The van der Waals surface area contributed by atoms with Crippen LogP contribution in [0.15, 0.2) is 16.6 Å². The Labute approximate surface area is 110 Å². The van der Waals surface area contributed by atoms with E-state index in [2.05, 4.69) is 15.9 Å². The molecule has 0 spiro atoms. The van der Waals surface area contributed by atoms with E-state index in [0.717, 1.165) is 6.07 Å². The normalized spacial score (nSPS) is 12.2. The lowest BCUT2D eigenvalue weighted by atomic mass is 10.3. The second-order valence-corrected chi connectivity index (χ2v) is 4.43. The molecule has 1 aromatic rings. The molecule has 0 fully saturated rings. The summed E-state index contributed by atoms with van der Waals surface area (Å²) >= 11 is 8.76. The third kappa shape index (κ3) is 3.81. The fraction of sp³-hybridized carbons (Fsp3) is 0.333. The van der Waals surface area contributed by atoms with Crippen molar-refractivity contribution in [2.45, 2.75) is 6.10 Å². The molecule has 0 aliphatic carbocycles. The van der Waals surface area contributed by atoms with Crippen LogP contribution in [0.2, 0.25) is 5.02 Å².